The fraction of sp³-hybridized carbons (Fsp3) is 0.455. The maximum atomic E-state index is 12.6. The van der Waals surface area contributed by atoms with Crippen LogP contribution in [0.4, 0.5) is 5.69 Å². The number of carboxylic acids is 3. The van der Waals surface area contributed by atoms with Gasteiger partial charge in [-0.25, -0.2) is 14.4 Å². The van der Waals surface area contributed by atoms with E-state index in [1.54, 1.807) is 0 Å². The molecule has 9 heteroatoms. The summed E-state index contributed by atoms with van der Waals surface area (Å²) < 4.78 is 5.71. The van der Waals surface area contributed by atoms with E-state index < -0.39 is 17.9 Å². The Hall–Kier alpha value is -4.14. The molecule has 42 heavy (non-hydrogen) atoms. The Balaban J connectivity index is 1.83. The van der Waals surface area contributed by atoms with Gasteiger partial charge in [-0.3, -0.25) is 4.79 Å². The number of nitrogens with one attached hydrogen (secondary N) is 1. The number of hydrogen-bond acceptors (Lipinski definition) is 5. The number of carboxylic acid groups (broad SMARTS) is 3. The van der Waals surface area contributed by atoms with Crippen molar-refractivity contribution in [1.82, 2.24) is 0 Å². The zero-order valence-electron chi connectivity index (χ0n) is 24.4. The second-order valence-electron chi connectivity index (χ2n) is 10.4. The standard InChI is InChI=1S/C33H43NO8/c1-2-3-4-5-6-7-8-9-10-11-12-13-14-15-16-17-30(35)34-28-23-24(31(36)37)18-19-29(28)42-27-21-25(32(38)39)20-26(22-27)33(40)41/h12-13,18-23H,2-11,14-17H2,1H3,(H,34,35)(H,36,37)(H,38,39)(H,40,41)/b13-12-. The van der Waals surface area contributed by atoms with E-state index in [0.29, 0.717) is 6.42 Å². The predicted octanol–water partition coefficient (Wildman–Crippen LogP) is 8.55. The highest BCUT2D eigenvalue weighted by molar-refractivity contribution is 5.96. The van der Waals surface area contributed by atoms with Crippen LogP contribution in [0.2, 0.25) is 0 Å². The van der Waals surface area contributed by atoms with E-state index in [-0.39, 0.29) is 46.2 Å². The average molecular weight is 582 g/mol. The van der Waals surface area contributed by atoms with Crippen LogP contribution in [-0.4, -0.2) is 39.1 Å². The van der Waals surface area contributed by atoms with E-state index in [1.807, 2.05) is 0 Å². The van der Waals surface area contributed by atoms with Gasteiger partial charge in [-0.1, -0.05) is 70.4 Å². The van der Waals surface area contributed by atoms with Gasteiger partial charge in [0.15, 0.2) is 5.75 Å². The van der Waals surface area contributed by atoms with E-state index in [9.17, 15) is 34.5 Å². The average Bonchev–Trinajstić information content (AvgIpc) is 2.95. The number of carbonyl (C=O) groups is 4. The summed E-state index contributed by atoms with van der Waals surface area (Å²) in [6, 6.07) is 7.13. The second kappa shape index (κ2) is 19.1. The molecule has 1 amide bonds. The molecule has 0 fully saturated rings. The lowest BCUT2D eigenvalue weighted by atomic mass is 10.1. The molecule has 2 aromatic carbocycles. The number of carbonyl (C=O) groups excluding carboxylic acids is 1. The SMILES string of the molecule is CCCCCCCCCCC/C=C\CCCCC(=O)Nc1cc(C(=O)O)ccc1Oc1cc(C(=O)O)cc(C(=O)O)c1. The van der Waals surface area contributed by atoms with Crippen LogP contribution in [0, 0.1) is 0 Å². The molecule has 4 N–H and O–H groups in total. The summed E-state index contributed by atoms with van der Waals surface area (Å²) in [5, 5.41) is 30.7. The molecule has 0 heterocycles. The van der Waals surface area contributed by atoms with Crippen molar-refractivity contribution in [1.29, 1.82) is 0 Å². The molecule has 0 unspecified atom stereocenters. The highest BCUT2D eigenvalue weighted by Crippen LogP contribution is 2.32. The molecule has 0 radical (unpaired) electrons. The van der Waals surface area contributed by atoms with Gasteiger partial charge in [0, 0.05) is 6.42 Å². The number of ether oxygens (including phenoxy) is 1. The summed E-state index contributed by atoms with van der Waals surface area (Å²) in [6.45, 7) is 2.24. The quantitative estimate of drug-likeness (QED) is 0.0845. The lowest BCUT2D eigenvalue weighted by Gasteiger charge is -2.14. The van der Waals surface area contributed by atoms with Gasteiger partial charge in [0.1, 0.15) is 5.75 Å². The maximum absolute atomic E-state index is 12.6. The van der Waals surface area contributed by atoms with Crippen LogP contribution in [0.1, 0.15) is 128 Å². The molecule has 228 valence electrons. The third kappa shape index (κ3) is 13.0. The summed E-state index contributed by atoms with van der Waals surface area (Å²) in [4.78, 5) is 47.0. The molecule has 0 aromatic heterocycles. The first-order chi connectivity index (χ1) is 20.2. The highest BCUT2D eigenvalue weighted by atomic mass is 16.5. The molecule has 9 nitrogen and oxygen atoms in total. The van der Waals surface area contributed by atoms with Gasteiger partial charge in [-0.2, -0.15) is 0 Å². The van der Waals surface area contributed by atoms with Crippen molar-refractivity contribution in [3.63, 3.8) is 0 Å². The molecular weight excluding hydrogens is 538 g/mol. The molecule has 0 spiro atoms. The first kappa shape index (κ1) is 34.1. The van der Waals surface area contributed by atoms with E-state index >= 15 is 0 Å². The van der Waals surface area contributed by atoms with Crippen LogP contribution in [0.3, 0.4) is 0 Å². The molecular formula is C33H43NO8. The van der Waals surface area contributed by atoms with Gasteiger partial charge >= 0.3 is 17.9 Å². The zero-order chi connectivity index (χ0) is 30.7. The lowest BCUT2D eigenvalue weighted by molar-refractivity contribution is -0.116. The van der Waals surface area contributed by atoms with Gasteiger partial charge in [0.05, 0.1) is 22.4 Å². The smallest absolute Gasteiger partial charge is 0.335 e. The van der Waals surface area contributed by atoms with Crippen molar-refractivity contribution in [3.8, 4) is 11.5 Å². The number of anilines is 1. The van der Waals surface area contributed by atoms with Crippen molar-refractivity contribution in [2.45, 2.75) is 96.8 Å². The number of aromatic carboxylic acids is 3. The molecule has 0 saturated carbocycles. The van der Waals surface area contributed by atoms with Gasteiger partial charge in [0.25, 0.3) is 0 Å². The van der Waals surface area contributed by atoms with Crippen molar-refractivity contribution >= 4 is 29.5 Å². The molecule has 0 bridgehead atoms. The van der Waals surface area contributed by atoms with Crippen LogP contribution < -0.4 is 10.1 Å². The third-order valence-electron chi connectivity index (χ3n) is 6.79. The van der Waals surface area contributed by atoms with Crippen molar-refractivity contribution in [2.75, 3.05) is 5.32 Å². The van der Waals surface area contributed by atoms with Crippen LogP contribution in [-0.2, 0) is 4.79 Å². The monoisotopic (exact) mass is 581 g/mol. The minimum Gasteiger partial charge on any atom is -0.478 e. The summed E-state index contributed by atoms with van der Waals surface area (Å²) in [5.41, 5.74) is -0.585. The van der Waals surface area contributed by atoms with E-state index in [4.69, 9.17) is 4.74 Å². The Morgan fingerprint density at radius 1 is 0.667 bits per heavy atom. The first-order valence-electron chi connectivity index (χ1n) is 14.8. The summed E-state index contributed by atoms with van der Waals surface area (Å²) in [6.07, 6.45) is 19.8. The van der Waals surface area contributed by atoms with Gasteiger partial charge < -0.3 is 25.4 Å². The normalized spacial score (nSPS) is 11.0. The number of rotatable bonds is 21. The molecule has 2 rings (SSSR count). The van der Waals surface area contributed by atoms with Gasteiger partial charge in [-0.05, 0) is 68.5 Å². The Bertz CT molecular complexity index is 1190. The number of allylic oxidation sites excluding steroid dienone is 2. The van der Waals surface area contributed by atoms with E-state index in [0.717, 1.165) is 37.5 Å². The predicted molar refractivity (Wildman–Crippen MR) is 162 cm³/mol. The number of unbranched alkanes of at least 4 members (excludes halogenated alkanes) is 11. The van der Waals surface area contributed by atoms with Crippen LogP contribution in [0.5, 0.6) is 11.5 Å². The Morgan fingerprint density at radius 3 is 1.74 bits per heavy atom. The second-order valence-corrected chi connectivity index (χ2v) is 10.4. The topological polar surface area (TPSA) is 150 Å². The summed E-state index contributed by atoms with van der Waals surface area (Å²) in [5.74, 6) is -4.24. The van der Waals surface area contributed by atoms with Crippen LogP contribution in [0.25, 0.3) is 0 Å². The van der Waals surface area contributed by atoms with Crippen LogP contribution >= 0.6 is 0 Å². The van der Waals surface area contributed by atoms with Gasteiger partial charge in [-0.15, -0.1) is 0 Å². The summed E-state index contributed by atoms with van der Waals surface area (Å²) in [7, 11) is 0. The number of hydrogen-bond donors (Lipinski definition) is 4. The Kier molecular flexibility index (Phi) is 15.5. The largest absolute Gasteiger partial charge is 0.478 e. The van der Waals surface area contributed by atoms with Gasteiger partial charge in [0.2, 0.25) is 5.91 Å². The molecule has 0 aliphatic heterocycles. The van der Waals surface area contributed by atoms with Crippen LogP contribution in [0.15, 0.2) is 48.6 Å². The molecule has 0 aliphatic carbocycles. The van der Waals surface area contributed by atoms with Crippen molar-refractivity contribution in [2.24, 2.45) is 0 Å². The summed E-state index contributed by atoms with van der Waals surface area (Å²) >= 11 is 0. The Labute approximate surface area is 247 Å². The van der Waals surface area contributed by atoms with E-state index in [1.165, 1.54) is 76.0 Å². The Morgan fingerprint density at radius 2 is 1.19 bits per heavy atom. The molecule has 0 aliphatic rings. The van der Waals surface area contributed by atoms with Crippen molar-refractivity contribution < 1.29 is 39.2 Å². The highest BCUT2D eigenvalue weighted by Gasteiger charge is 2.16. The molecule has 0 atom stereocenters. The van der Waals surface area contributed by atoms with Crippen molar-refractivity contribution in [3.05, 3.63) is 65.2 Å². The first-order valence-corrected chi connectivity index (χ1v) is 14.8. The third-order valence-corrected chi connectivity index (χ3v) is 6.79. The lowest BCUT2D eigenvalue weighted by Crippen LogP contribution is -2.13. The number of benzene rings is 2. The maximum Gasteiger partial charge on any atom is 0.335 e. The van der Waals surface area contributed by atoms with E-state index in [2.05, 4.69) is 24.4 Å². The minimum atomic E-state index is -1.34. The molecule has 2 aromatic rings. The fourth-order valence-electron chi connectivity index (χ4n) is 4.45. The number of amides is 1. The zero-order valence-corrected chi connectivity index (χ0v) is 24.4. The molecule has 0 saturated heterocycles. The minimum absolute atomic E-state index is 0.0478. The fourth-order valence-corrected chi connectivity index (χ4v) is 4.45.